The van der Waals surface area contributed by atoms with Crippen LogP contribution in [0.1, 0.15) is 24.8 Å². The van der Waals surface area contributed by atoms with Gasteiger partial charge in [-0.1, -0.05) is 30.3 Å². The van der Waals surface area contributed by atoms with Gasteiger partial charge in [0.25, 0.3) is 0 Å². The molecule has 20 heavy (non-hydrogen) atoms. The van der Waals surface area contributed by atoms with E-state index in [1.165, 1.54) is 64.1 Å². The number of nitrogens with one attached hydrogen (secondary N) is 1. The highest BCUT2D eigenvalue weighted by Crippen LogP contribution is 2.19. The second kappa shape index (κ2) is 7.21. The van der Waals surface area contributed by atoms with Crippen LogP contribution in [0.25, 0.3) is 0 Å². The molecule has 1 aromatic rings. The van der Waals surface area contributed by atoms with Crippen molar-refractivity contribution in [2.45, 2.75) is 31.8 Å². The Bertz CT molecular complexity index is 376. The van der Waals surface area contributed by atoms with Gasteiger partial charge < -0.3 is 5.32 Å². The molecule has 3 nitrogen and oxygen atoms in total. The van der Waals surface area contributed by atoms with Crippen LogP contribution in [0, 0.1) is 0 Å². The van der Waals surface area contributed by atoms with Gasteiger partial charge in [-0.25, -0.2) is 0 Å². The molecule has 0 bridgehead atoms. The number of benzene rings is 1. The van der Waals surface area contributed by atoms with Crippen LogP contribution >= 0.6 is 0 Å². The van der Waals surface area contributed by atoms with Crippen LogP contribution in [0.5, 0.6) is 0 Å². The molecule has 2 heterocycles. The minimum absolute atomic E-state index is 0.821. The lowest BCUT2D eigenvalue weighted by atomic mass is 10.0. The molecule has 0 unspecified atom stereocenters. The fourth-order valence-corrected chi connectivity index (χ4v) is 3.52. The zero-order valence-electron chi connectivity index (χ0n) is 12.4. The average molecular weight is 273 g/mol. The van der Waals surface area contributed by atoms with Crippen molar-refractivity contribution in [1.29, 1.82) is 0 Å². The minimum atomic E-state index is 0.821. The molecule has 2 fully saturated rings. The molecular weight excluding hydrogens is 246 g/mol. The van der Waals surface area contributed by atoms with Gasteiger partial charge in [-0.2, -0.15) is 0 Å². The first-order chi connectivity index (χ1) is 9.92. The molecule has 1 aromatic carbocycles. The Labute approximate surface area is 123 Å². The van der Waals surface area contributed by atoms with Crippen LogP contribution in [0.3, 0.4) is 0 Å². The van der Waals surface area contributed by atoms with Crippen molar-refractivity contribution in [3.05, 3.63) is 35.9 Å². The molecule has 3 heteroatoms. The molecule has 0 spiro atoms. The largest absolute Gasteiger partial charge is 0.315 e. The number of piperidine rings is 1. The number of rotatable bonds is 3. The van der Waals surface area contributed by atoms with Crippen molar-refractivity contribution in [1.82, 2.24) is 15.1 Å². The van der Waals surface area contributed by atoms with E-state index in [1.54, 1.807) is 0 Å². The predicted octanol–water partition coefficient (Wildman–Crippen LogP) is 1.95. The van der Waals surface area contributed by atoms with Gasteiger partial charge in [0.05, 0.1) is 0 Å². The minimum Gasteiger partial charge on any atom is -0.315 e. The predicted molar refractivity (Wildman–Crippen MR) is 83.8 cm³/mol. The molecule has 0 saturated carbocycles. The third-order valence-corrected chi connectivity index (χ3v) is 4.70. The van der Waals surface area contributed by atoms with Crippen molar-refractivity contribution in [3.63, 3.8) is 0 Å². The van der Waals surface area contributed by atoms with E-state index in [2.05, 4.69) is 45.4 Å². The van der Waals surface area contributed by atoms with E-state index in [4.69, 9.17) is 0 Å². The summed E-state index contributed by atoms with van der Waals surface area (Å²) in [5.41, 5.74) is 1.45. The van der Waals surface area contributed by atoms with Crippen molar-refractivity contribution in [3.8, 4) is 0 Å². The van der Waals surface area contributed by atoms with E-state index in [0.717, 1.165) is 12.6 Å². The third-order valence-electron chi connectivity index (χ3n) is 4.70. The van der Waals surface area contributed by atoms with E-state index in [1.807, 2.05) is 0 Å². The molecule has 0 amide bonds. The number of nitrogens with zero attached hydrogens (tertiary/aromatic N) is 2. The van der Waals surface area contributed by atoms with Crippen molar-refractivity contribution < 1.29 is 0 Å². The van der Waals surface area contributed by atoms with Crippen molar-refractivity contribution >= 4 is 0 Å². The number of hydrogen-bond donors (Lipinski definition) is 1. The van der Waals surface area contributed by atoms with Crippen LogP contribution in [-0.2, 0) is 6.54 Å². The van der Waals surface area contributed by atoms with E-state index in [-0.39, 0.29) is 0 Å². The lowest BCUT2D eigenvalue weighted by molar-refractivity contribution is 0.109. The van der Waals surface area contributed by atoms with Crippen LogP contribution in [0.2, 0.25) is 0 Å². The zero-order chi connectivity index (χ0) is 13.6. The Morgan fingerprint density at radius 3 is 2.55 bits per heavy atom. The van der Waals surface area contributed by atoms with Crippen LogP contribution in [-0.4, -0.2) is 55.1 Å². The summed E-state index contributed by atoms with van der Waals surface area (Å²) in [7, 11) is 0. The number of hydrogen-bond acceptors (Lipinski definition) is 3. The van der Waals surface area contributed by atoms with Gasteiger partial charge in [0.15, 0.2) is 0 Å². The van der Waals surface area contributed by atoms with Crippen molar-refractivity contribution in [2.24, 2.45) is 0 Å². The van der Waals surface area contributed by atoms with Gasteiger partial charge in [-0.05, 0) is 51.0 Å². The van der Waals surface area contributed by atoms with E-state index in [9.17, 15) is 0 Å². The van der Waals surface area contributed by atoms with E-state index in [0.29, 0.717) is 0 Å². The maximum Gasteiger partial charge on any atom is 0.0233 e. The molecule has 2 aliphatic heterocycles. The Balaban J connectivity index is 1.46. The molecule has 110 valence electrons. The summed E-state index contributed by atoms with van der Waals surface area (Å²) >= 11 is 0. The topological polar surface area (TPSA) is 18.5 Å². The van der Waals surface area contributed by atoms with Gasteiger partial charge >= 0.3 is 0 Å². The molecule has 1 N–H and O–H groups in total. The molecular formula is C17H27N3. The fraction of sp³-hybridized carbons (Fsp3) is 0.647. The lowest BCUT2D eigenvalue weighted by Crippen LogP contribution is -2.45. The Hall–Kier alpha value is -0.900. The van der Waals surface area contributed by atoms with Gasteiger partial charge in [0, 0.05) is 25.7 Å². The summed E-state index contributed by atoms with van der Waals surface area (Å²) in [6, 6.07) is 11.7. The molecule has 0 radical (unpaired) electrons. The highest BCUT2D eigenvalue weighted by Gasteiger charge is 2.24. The average Bonchev–Trinajstić information content (AvgIpc) is 2.78. The first-order valence-corrected chi connectivity index (χ1v) is 8.13. The second-order valence-corrected chi connectivity index (χ2v) is 6.13. The molecule has 0 aliphatic carbocycles. The second-order valence-electron chi connectivity index (χ2n) is 6.13. The lowest BCUT2D eigenvalue weighted by Gasteiger charge is -2.38. The monoisotopic (exact) mass is 273 g/mol. The number of likely N-dealkylation sites (tertiary alicyclic amines) is 1. The molecule has 3 rings (SSSR count). The fourth-order valence-electron chi connectivity index (χ4n) is 3.52. The SMILES string of the molecule is c1ccc(CN2CCC(N3CCCNCC3)CC2)cc1. The molecule has 0 aromatic heterocycles. The Morgan fingerprint density at radius 1 is 0.950 bits per heavy atom. The van der Waals surface area contributed by atoms with Gasteiger partial charge in [-0.3, -0.25) is 9.80 Å². The van der Waals surface area contributed by atoms with E-state index >= 15 is 0 Å². The maximum atomic E-state index is 3.51. The Morgan fingerprint density at radius 2 is 1.75 bits per heavy atom. The normalized spacial score (nSPS) is 23.6. The summed E-state index contributed by atoms with van der Waals surface area (Å²) < 4.78 is 0. The first kappa shape index (κ1) is 14.1. The maximum absolute atomic E-state index is 3.51. The van der Waals surface area contributed by atoms with E-state index < -0.39 is 0 Å². The van der Waals surface area contributed by atoms with Crippen LogP contribution < -0.4 is 5.32 Å². The summed E-state index contributed by atoms with van der Waals surface area (Å²) in [5.74, 6) is 0. The Kier molecular flexibility index (Phi) is 5.06. The zero-order valence-corrected chi connectivity index (χ0v) is 12.4. The summed E-state index contributed by atoms with van der Waals surface area (Å²) in [6.07, 6.45) is 3.99. The molecule has 2 aliphatic rings. The van der Waals surface area contributed by atoms with Crippen LogP contribution in [0.4, 0.5) is 0 Å². The summed E-state index contributed by atoms with van der Waals surface area (Å²) in [5, 5.41) is 3.51. The summed E-state index contributed by atoms with van der Waals surface area (Å²) in [6.45, 7) is 8.52. The molecule has 2 saturated heterocycles. The highest BCUT2D eigenvalue weighted by molar-refractivity contribution is 5.14. The first-order valence-electron chi connectivity index (χ1n) is 8.13. The van der Waals surface area contributed by atoms with Gasteiger partial charge in [0.1, 0.15) is 0 Å². The smallest absolute Gasteiger partial charge is 0.0233 e. The molecule has 0 atom stereocenters. The van der Waals surface area contributed by atoms with Gasteiger partial charge in [0.2, 0.25) is 0 Å². The van der Waals surface area contributed by atoms with Gasteiger partial charge in [-0.15, -0.1) is 0 Å². The van der Waals surface area contributed by atoms with Crippen LogP contribution in [0.15, 0.2) is 30.3 Å². The quantitative estimate of drug-likeness (QED) is 0.908. The highest BCUT2D eigenvalue weighted by atomic mass is 15.2. The standard InChI is InChI=1S/C17H27N3/c1-2-5-16(6-3-1)15-19-12-7-17(8-13-19)20-11-4-9-18-10-14-20/h1-3,5-6,17-18H,4,7-15H2. The third kappa shape index (κ3) is 3.81. The van der Waals surface area contributed by atoms with Crippen molar-refractivity contribution in [2.75, 3.05) is 39.3 Å². The summed E-state index contributed by atoms with van der Waals surface area (Å²) in [4.78, 5) is 5.34.